The Morgan fingerprint density at radius 1 is 1.19 bits per heavy atom. The van der Waals surface area contributed by atoms with Crippen LogP contribution in [0.15, 0.2) is 16.7 Å². The number of aryl methyl sites for hydroxylation is 2. The number of aliphatic hydroxyl groups excluding tert-OH is 1. The summed E-state index contributed by atoms with van der Waals surface area (Å²) in [5, 5.41) is 15.0. The molecule has 0 bridgehead atoms. The standard InChI is InChI=1S/C19H21N3O4/c1-9-15(10(2)26-22-9)12-7-13(17(23)19-24-5-6-25-19)16-14(8-12)20-18(21-16)11-3-4-11/h7-8,11,17,19,23H,3-6H2,1-2H3,(H,20,21). The number of aromatic nitrogens is 3. The Hall–Kier alpha value is -2.22. The fourth-order valence-corrected chi connectivity index (χ4v) is 3.68. The summed E-state index contributed by atoms with van der Waals surface area (Å²) in [6.07, 6.45) is 0.738. The van der Waals surface area contributed by atoms with Crippen LogP contribution in [0.1, 0.15) is 47.7 Å². The maximum atomic E-state index is 10.9. The molecule has 7 nitrogen and oxygen atoms in total. The highest BCUT2D eigenvalue weighted by molar-refractivity contribution is 5.86. The summed E-state index contributed by atoms with van der Waals surface area (Å²) < 4.78 is 16.4. The second-order valence-electron chi connectivity index (χ2n) is 7.11. The van der Waals surface area contributed by atoms with Crippen LogP contribution in [0.3, 0.4) is 0 Å². The van der Waals surface area contributed by atoms with Crippen LogP contribution in [0.5, 0.6) is 0 Å². The van der Waals surface area contributed by atoms with Gasteiger partial charge in [-0.1, -0.05) is 5.16 Å². The van der Waals surface area contributed by atoms with E-state index in [0.29, 0.717) is 24.7 Å². The van der Waals surface area contributed by atoms with E-state index >= 15 is 0 Å². The van der Waals surface area contributed by atoms with Gasteiger partial charge in [0.25, 0.3) is 0 Å². The van der Waals surface area contributed by atoms with Crippen molar-refractivity contribution in [3.05, 3.63) is 35.0 Å². The number of fused-ring (bicyclic) bond motifs is 1. The van der Waals surface area contributed by atoms with Gasteiger partial charge in [0, 0.05) is 17.0 Å². The number of rotatable bonds is 4. The van der Waals surface area contributed by atoms with Gasteiger partial charge in [0.05, 0.1) is 29.9 Å². The molecule has 3 heterocycles. The molecule has 2 aliphatic rings. The molecule has 1 saturated heterocycles. The molecule has 26 heavy (non-hydrogen) atoms. The minimum Gasteiger partial charge on any atom is -0.383 e. The van der Waals surface area contributed by atoms with Crippen LogP contribution in [0.25, 0.3) is 22.2 Å². The highest BCUT2D eigenvalue weighted by atomic mass is 16.7. The van der Waals surface area contributed by atoms with Gasteiger partial charge < -0.3 is 24.1 Å². The Labute approximate surface area is 150 Å². The van der Waals surface area contributed by atoms with E-state index in [1.54, 1.807) is 0 Å². The molecule has 2 aromatic heterocycles. The molecule has 1 aromatic carbocycles. The highest BCUT2D eigenvalue weighted by Crippen LogP contribution is 2.41. The van der Waals surface area contributed by atoms with Gasteiger partial charge in [-0.2, -0.15) is 0 Å². The van der Waals surface area contributed by atoms with Gasteiger partial charge in [-0.25, -0.2) is 4.98 Å². The van der Waals surface area contributed by atoms with Crippen molar-refractivity contribution in [1.82, 2.24) is 15.1 Å². The summed E-state index contributed by atoms with van der Waals surface area (Å²) in [5.74, 6) is 2.23. The largest absolute Gasteiger partial charge is 0.383 e. The van der Waals surface area contributed by atoms with E-state index in [1.807, 2.05) is 26.0 Å². The first-order chi connectivity index (χ1) is 12.6. The molecule has 0 spiro atoms. The van der Waals surface area contributed by atoms with Gasteiger partial charge in [-0.3, -0.25) is 0 Å². The van der Waals surface area contributed by atoms with Gasteiger partial charge >= 0.3 is 0 Å². The second-order valence-corrected chi connectivity index (χ2v) is 7.11. The lowest BCUT2D eigenvalue weighted by atomic mass is 9.97. The van der Waals surface area contributed by atoms with Crippen molar-refractivity contribution >= 4 is 11.0 Å². The van der Waals surface area contributed by atoms with Gasteiger partial charge in [0.15, 0.2) is 6.29 Å². The number of ether oxygens (including phenoxy) is 2. The minimum atomic E-state index is -0.907. The van der Waals surface area contributed by atoms with Crippen molar-refractivity contribution in [2.45, 2.75) is 45.0 Å². The number of hydrogen-bond acceptors (Lipinski definition) is 6. The molecule has 3 aromatic rings. The first-order valence-corrected chi connectivity index (χ1v) is 9.00. The Morgan fingerprint density at radius 3 is 2.62 bits per heavy atom. The third-order valence-electron chi connectivity index (χ3n) is 5.14. The lowest BCUT2D eigenvalue weighted by molar-refractivity contribution is -0.121. The summed E-state index contributed by atoms with van der Waals surface area (Å²) in [5.41, 5.74) is 5.07. The summed E-state index contributed by atoms with van der Waals surface area (Å²) >= 11 is 0. The van der Waals surface area contributed by atoms with Crippen LogP contribution < -0.4 is 0 Å². The fraction of sp³-hybridized carbons (Fsp3) is 0.474. The zero-order valence-corrected chi connectivity index (χ0v) is 14.8. The van der Waals surface area contributed by atoms with Gasteiger partial charge in [0.1, 0.15) is 17.7 Å². The van der Waals surface area contributed by atoms with E-state index in [1.165, 1.54) is 0 Å². The number of benzene rings is 1. The Kier molecular flexibility index (Phi) is 3.63. The van der Waals surface area contributed by atoms with E-state index in [-0.39, 0.29) is 0 Å². The normalized spacial score (nSPS) is 19.5. The Balaban J connectivity index is 1.69. The SMILES string of the molecule is Cc1noc(C)c1-c1cc(C(O)C2OCCO2)c2nc(C3CC3)[nH]c2c1. The minimum absolute atomic E-state index is 0.488. The van der Waals surface area contributed by atoms with Gasteiger partial charge in [-0.15, -0.1) is 0 Å². The number of hydrogen-bond donors (Lipinski definition) is 2. The topological polar surface area (TPSA) is 93.4 Å². The molecule has 2 fully saturated rings. The van der Waals surface area contributed by atoms with E-state index in [2.05, 4.69) is 10.1 Å². The molecular formula is C19H21N3O4. The molecule has 136 valence electrons. The number of H-pyrrole nitrogens is 1. The number of nitrogens with one attached hydrogen (secondary N) is 1. The lowest BCUT2D eigenvalue weighted by Crippen LogP contribution is -2.19. The first-order valence-electron chi connectivity index (χ1n) is 9.00. The number of aliphatic hydroxyl groups is 1. The van der Waals surface area contributed by atoms with Crippen LogP contribution in [-0.4, -0.2) is 39.7 Å². The predicted molar refractivity (Wildman–Crippen MR) is 93.7 cm³/mol. The molecule has 0 amide bonds. The Bertz CT molecular complexity index is 947. The van der Waals surface area contributed by atoms with Crippen molar-refractivity contribution in [2.75, 3.05) is 13.2 Å². The summed E-state index contributed by atoms with van der Waals surface area (Å²) in [7, 11) is 0. The summed E-state index contributed by atoms with van der Waals surface area (Å²) in [6.45, 7) is 4.78. The molecular weight excluding hydrogens is 334 g/mol. The van der Waals surface area contributed by atoms with Crippen LogP contribution in [-0.2, 0) is 9.47 Å². The second kappa shape index (κ2) is 5.90. The molecule has 1 aliphatic heterocycles. The molecule has 1 aliphatic carbocycles. The van der Waals surface area contributed by atoms with E-state index in [4.69, 9.17) is 19.0 Å². The van der Waals surface area contributed by atoms with Crippen molar-refractivity contribution in [2.24, 2.45) is 0 Å². The molecule has 5 rings (SSSR count). The van der Waals surface area contributed by atoms with Gasteiger partial charge in [0.2, 0.25) is 0 Å². The predicted octanol–water partition coefficient (Wildman–Crippen LogP) is 3.12. The molecule has 2 N–H and O–H groups in total. The van der Waals surface area contributed by atoms with E-state index in [0.717, 1.165) is 52.3 Å². The number of aromatic amines is 1. The maximum Gasteiger partial charge on any atom is 0.187 e. The first kappa shape index (κ1) is 16.0. The van der Waals surface area contributed by atoms with Crippen molar-refractivity contribution < 1.29 is 19.1 Å². The number of imidazole rings is 1. The smallest absolute Gasteiger partial charge is 0.187 e. The van der Waals surface area contributed by atoms with Crippen LogP contribution in [0, 0.1) is 13.8 Å². The zero-order chi connectivity index (χ0) is 17.8. The third kappa shape index (κ3) is 2.55. The lowest BCUT2D eigenvalue weighted by Gasteiger charge is -2.18. The van der Waals surface area contributed by atoms with Crippen molar-refractivity contribution in [3.8, 4) is 11.1 Å². The average Bonchev–Trinajstić information content (AvgIpc) is 3.04. The highest BCUT2D eigenvalue weighted by Gasteiger charge is 2.32. The zero-order valence-electron chi connectivity index (χ0n) is 14.8. The summed E-state index contributed by atoms with van der Waals surface area (Å²) in [6, 6.07) is 4.00. The molecule has 1 saturated carbocycles. The van der Waals surface area contributed by atoms with Crippen LogP contribution in [0.2, 0.25) is 0 Å². The molecule has 1 unspecified atom stereocenters. The number of nitrogens with zero attached hydrogens (tertiary/aromatic N) is 2. The molecule has 1 atom stereocenters. The molecule has 0 radical (unpaired) electrons. The van der Waals surface area contributed by atoms with E-state index in [9.17, 15) is 5.11 Å². The van der Waals surface area contributed by atoms with Crippen molar-refractivity contribution in [1.29, 1.82) is 0 Å². The van der Waals surface area contributed by atoms with Crippen LogP contribution in [0.4, 0.5) is 0 Å². The fourth-order valence-electron chi connectivity index (χ4n) is 3.68. The van der Waals surface area contributed by atoms with Crippen LogP contribution >= 0.6 is 0 Å². The third-order valence-corrected chi connectivity index (χ3v) is 5.14. The maximum absolute atomic E-state index is 10.9. The Morgan fingerprint density at radius 2 is 1.96 bits per heavy atom. The quantitative estimate of drug-likeness (QED) is 0.747. The van der Waals surface area contributed by atoms with Gasteiger partial charge in [-0.05, 0) is 44.4 Å². The molecule has 7 heteroatoms. The van der Waals surface area contributed by atoms with E-state index < -0.39 is 12.4 Å². The average molecular weight is 355 g/mol. The van der Waals surface area contributed by atoms with Crippen molar-refractivity contribution in [3.63, 3.8) is 0 Å². The monoisotopic (exact) mass is 355 g/mol. The summed E-state index contributed by atoms with van der Waals surface area (Å²) in [4.78, 5) is 8.20.